The van der Waals surface area contributed by atoms with Crippen molar-refractivity contribution in [2.24, 2.45) is 11.0 Å². The largest absolute Gasteiger partial charge is 0.272 e. The molecule has 0 spiro atoms. The topological polar surface area (TPSA) is 54.4 Å². The summed E-state index contributed by atoms with van der Waals surface area (Å²) in [5.74, 6) is 0.293. The van der Waals surface area contributed by atoms with E-state index in [1.165, 1.54) is 19.3 Å². The van der Waals surface area contributed by atoms with Crippen LogP contribution in [-0.2, 0) is 0 Å². The third kappa shape index (κ3) is 3.12. The van der Waals surface area contributed by atoms with Crippen LogP contribution in [0.15, 0.2) is 29.6 Å². The van der Waals surface area contributed by atoms with E-state index in [2.05, 4.69) is 22.4 Å². The minimum absolute atomic E-state index is 0.191. The maximum Gasteiger partial charge on any atom is 0.272 e. The van der Waals surface area contributed by atoms with Crippen molar-refractivity contribution in [3.63, 3.8) is 0 Å². The third-order valence-corrected chi connectivity index (χ3v) is 3.11. The fraction of sp³-hybridized carbons (Fsp3) is 0.462. The number of nitrogens with zero attached hydrogens (tertiary/aromatic N) is 2. The molecule has 0 saturated heterocycles. The van der Waals surface area contributed by atoms with Crippen LogP contribution in [0.4, 0.5) is 0 Å². The van der Waals surface area contributed by atoms with Crippen LogP contribution >= 0.6 is 0 Å². The zero-order valence-electron chi connectivity index (χ0n) is 10.0. The first kappa shape index (κ1) is 11.8. The highest BCUT2D eigenvalue weighted by molar-refractivity contribution is 5.95. The van der Waals surface area contributed by atoms with Crippen LogP contribution in [0.2, 0.25) is 0 Å². The van der Waals surface area contributed by atoms with E-state index in [4.69, 9.17) is 0 Å². The summed E-state index contributed by atoms with van der Waals surface area (Å²) in [6, 6.07) is 3.47. The van der Waals surface area contributed by atoms with Crippen molar-refractivity contribution in [2.75, 3.05) is 0 Å². The molecule has 4 heteroatoms. The molecule has 0 aliphatic heterocycles. The van der Waals surface area contributed by atoms with Gasteiger partial charge in [-0.3, -0.25) is 9.78 Å². The van der Waals surface area contributed by atoms with Crippen LogP contribution in [-0.4, -0.2) is 16.6 Å². The Balaban J connectivity index is 1.97. The molecule has 0 bridgehead atoms. The van der Waals surface area contributed by atoms with Gasteiger partial charge in [0.15, 0.2) is 0 Å². The second-order valence-electron chi connectivity index (χ2n) is 4.43. The van der Waals surface area contributed by atoms with Crippen molar-refractivity contribution in [1.29, 1.82) is 0 Å². The number of hydrogen-bond acceptors (Lipinski definition) is 3. The van der Waals surface area contributed by atoms with E-state index >= 15 is 0 Å². The van der Waals surface area contributed by atoms with Gasteiger partial charge in [-0.05, 0) is 37.3 Å². The van der Waals surface area contributed by atoms with E-state index in [1.807, 2.05) is 0 Å². The Morgan fingerprint density at radius 3 is 3.12 bits per heavy atom. The normalized spacial score (nSPS) is 22.4. The van der Waals surface area contributed by atoms with Crippen molar-refractivity contribution in [3.8, 4) is 0 Å². The fourth-order valence-corrected chi connectivity index (χ4v) is 2.02. The number of carbonyl (C=O) groups is 1. The summed E-state index contributed by atoms with van der Waals surface area (Å²) >= 11 is 0. The zero-order chi connectivity index (χ0) is 12.1. The number of carbonyl (C=O) groups excluding carboxylic acids is 1. The molecule has 0 radical (unpaired) electrons. The Kier molecular flexibility index (Phi) is 3.85. The predicted octanol–water partition coefficient (Wildman–Crippen LogP) is 2.38. The Hall–Kier alpha value is -1.71. The quantitative estimate of drug-likeness (QED) is 0.794. The number of aromatic nitrogens is 1. The van der Waals surface area contributed by atoms with Gasteiger partial charge < -0.3 is 0 Å². The lowest BCUT2D eigenvalue weighted by atomic mass is 9.89. The molecule has 1 heterocycles. The molecule has 1 atom stereocenters. The Morgan fingerprint density at radius 2 is 2.41 bits per heavy atom. The van der Waals surface area contributed by atoms with Crippen molar-refractivity contribution >= 4 is 11.6 Å². The molecule has 1 aliphatic carbocycles. The lowest BCUT2D eigenvalue weighted by Gasteiger charge is -2.19. The molecule has 0 unspecified atom stereocenters. The molecular formula is C13H17N3O. The second-order valence-corrected chi connectivity index (χ2v) is 4.43. The van der Waals surface area contributed by atoms with Gasteiger partial charge in [-0.15, -0.1) is 0 Å². The average molecular weight is 231 g/mol. The SMILES string of the molecule is C[C@@H]1CCCC/C1=N/NC(=O)c1cccnc1. The Morgan fingerprint density at radius 1 is 1.53 bits per heavy atom. The number of pyridine rings is 1. The average Bonchev–Trinajstić information content (AvgIpc) is 2.38. The number of amides is 1. The van der Waals surface area contributed by atoms with Crippen LogP contribution in [0.3, 0.4) is 0 Å². The summed E-state index contributed by atoms with van der Waals surface area (Å²) in [6.07, 6.45) is 7.78. The van der Waals surface area contributed by atoms with E-state index in [1.54, 1.807) is 24.5 Å². The van der Waals surface area contributed by atoms with Crippen molar-refractivity contribution in [2.45, 2.75) is 32.6 Å². The molecule has 2 rings (SSSR count). The summed E-state index contributed by atoms with van der Waals surface area (Å²) in [5, 5.41) is 4.23. The lowest BCUT2D eigenvalue weighted by molar-refractivity contribution is 0.0954. The molecular weight excluding hydrogens is 214 g/mol. The standard InChI is InChI=1S/C13H17N3O/c1-10-5-2-3-7-12(10)15-16-13(17)11-6-4-8-14-9-11/h4,6,8-10H,2-3,5,7H2,1H3,(H,16,17)/b15-12-/t10-/m1/s1. The Bertz CT molecular complexity index is 414. The van der Waals surface area contributed by atoms with Crippen molar-refractivity contribution < 1.29 is 4.79 Å². The molecule has 1 saturated carbocycles. The zero-order valence-corrected chi connectivity index (χ0v) is 10.0. The summed E-state index contributed by atoms with van der Waals surface area (Å²) in [7, 11) is 0. The van der Waals surface area contributed by atoms with Gasteiger partial charge in [0.25, 0.3) is 5.91 Å². The molecule has 1 aliphatic rings. The lowest BCUT2D eigenvalue weighted by Crippen LogP contribution is -2.24. The Labute approximate surface area is 101 Å². The summed E-state index contributed by atoms with van der Waals surface area (Å²) in [4.78, 5) is 15.6. The number of hydrazone groups is 1. The van der Waals surface area contributed by atoms with Crippen molar-refractivity contribution in [1.82, 2.24) is 10.4 Å². The fourth-order valence-electron chi connectivity index (χ4n) is 2.02. The smallest absolute Gasteiger partial charge is 0.267 e. The van der Waals surface area contributed by atoms with Gasteiger partial charge >= 0.3 is 0 Å². The minimum Gasteiger partial charge on any atom is -0.267 e. The van der Waals surface area contributed by atoms with E-state index < -0.39 is 0 Å². The van der Waals surface area contributed by atoms with Crippen LogP contribution < -0.4 is 5.43 Å². The van der Waals surface area contributed by atoms with Gasteiger partial charge in [-0.25, -0.2) is 5.43 Å². The van der Waals surface area contributed by atoms with Gasteiger partial charge in [-0.1, -0.05) is 13.3 Å². The summed E-state index contributed by atoms with van der Waals surface area (Å²) in [5.41, 5.74) is 4.26. The summed E-state index contributed by atoms with van der Waals surface area (Å²) in [6.45, 7) is 2.16. The molecule has 1 fully saturated rings. The maximum atomic E-state index is 11.7. The molecule has 90 valence electrons. The first-order chi connectivity index (χ1) is 8.27. The molecule has 1 N–H and O–H groups in total. The molecule has 17 heavy (non-hydrogen) atoms. The van der Waals surface area contributed by atoms with Crippen molar-refractivity contribution in [3.05, 3.63) is 30.1 Å². The van der Waals surface area contributed by atoms with Gasteiger partial charge in [0.1, 0.15) is 0 Å². The number of rotatable bonds is 2. The highest BCUT2D eigenvalue weighted by Crippen LogP contribution is 2.20. The number of nitrogens with one attached hydrogen (secondary N) is 1. The monoisotopic (exact) mass is 231 g/mol. The summed E-state index contributed by atoms with van der Waals surface area (Å²) < 4.78 is 0. The minimum atomic E-state index is -0.191. The van der Waals surface area contributed by atoms with E-state index in [0.717, 1.165) is 12.1 Å². The van der Waals surface area contributed by atoms with Crippen LogP contribution in [0, 0.1) is 5.92 Å². The highest BCUT2D eigenvalue weighted by atomic mass is 16.2. The molecule has 0 aromatic carbocycles. The van der Waals surface area contributed by atoms with Crippen LogP contribution in [0.5, 0.6) is 0 Å². The van der Waals surface area contributed by atoms with Crippen LogP contribution in [0.25, 0.3) is 0 Å². The van der Waals surface area contributed by atoms with Gasteiger partial charge in [0, 0.05) is 18.1 Å². The molecule has 1 aromatic heterocycles. The second kappa shape index (κ2) is 5.57. The number of hydrogen-bond donors (Lipinski definition) is 1. The first-order valence-electron chi connectivity index (χ1n) is 6.04. The van der Waals surface area contributed by atoms with E-state index in [9.17, 15) is 4.79 Å². The van der Waals surface area contributed by atoms with Crippen LogP contribution in [0.1, 0.15) is 43.0 Å². The predicted molar refractivity (Wildman–Crippen MR) is 66.8 cm³/mol. The first-order valence-corrected chi connectivity index (χ1v) is 6.04. The van der Waals surface area contributed by atoms with Gasteiger partial charge in [0.2, 0.25) is 0 Å². The molecule has 4 nitrogen and oxygen atoms in total. The van der Waals surface area contributed by atoms with Gasteiger partial charge in [0.05, 0.1) is 5.56 Å². The highest BCUT2D eigenvalue weighted by Gasteiger charge is 2.16. The van der Waals surface area contributed by atoms with E-state index in [0.29, 0.717) is 11.5 Å². The third-order valence-electron chi connectivity index (χ3n) is 3.11. The molecule has 1 amide bonds. The van der Waals surface area contributed by atoms with E-state index in [-0.39, 0.29) is 5.91 Å². The maximum absolute atomic E-state index is 11.7. The van der Waals surface area contributed by atoms with Gasteiger partial charge in [-0.2, -0.15) is 5.10 Å². The molecule has 1 aromatic rings.